The molecular weight excluding hydrogens is 282 g/mol. The number of anilines is 2. The fourth-order valence-corrected chi connectivity index (χ4v) is 2.28. The summed E-state index contributed by atoms with van der Waals surface area (Å²) in [7, 11) is 0. The highest BCUT2D eigenvalue weighted by atomic mass is 79.9. The van der Waals surface area contributed by atoms with Crippen LogP contribution in [0.3, 0.4) is 0 Å². The minimum atomic E-state index is 0.0315. The van der Waals surface area contributed by atoms with Crippen molar-refractivity contribution in [1.82, 2.24) is 0 Å². The van der Waals surface area contributed by atoms with E-state index in [0.717, 1.165) is 22.4 Å². The molecule has 1 aromatic carbocycles. The van der Waals surface area contributed by atoms with Crippen LogP contribution in [0.1, 0.15) is 6.92 Å². The number of fused-ring (bicyclic) bond motifs is 1. The molecule has 1 aliphatic heterocycles. The molecule has 3 N–H and O–H groups in total. The Morgan fingerprint density at radius 2 is 2.35 bits per heavy atom. The van der Waals surface area contributed by atoms with Crippen molar-refractivity contribution in [2.45, 2.75) is 6.92 Å². The molecule has 17 heavy (non-hydrogen) atoms. The fourth-order valence-electron chi connectivity index (χ4n) is 1.93. The van der Waals surface area contributed by atoms with Gasteiger partial charge in [0.05, 0.1) is 17.9 Å². The summed E-state index contributed by atoms with van der Waals surface area (Å²) in [5, 5.41) is 2.88. The third-order valence-electron chi connectivity index (χ3n) is 2.84. The third kappa shape index (κ3) is 2.79. The molecule has 0 spiro atoms. The van der Waals surface area contributed by atoms with Crippen LogP contribution >= 0.6 is 15.9 Å². The van der Waals surface area contributed by atoms with Gasteiger partial charge < -0.3 is 16.0 Å². The van der Waals surface area contributed by atoms with Crippen molar-refractivity contribution >= 4 is 33.2 Å². The van der Waals surface area contributed by atoms with E-state index in [1.807, 2.05) is 18.2 Å². The summed E-state index contributed by atoms with van der Waals surface area (Å²) in [6.07, 6.45) is 0. The number of benzene rings is 1. The van der Waals surface area contributed by atoms with E-state index in [-0.39, 0.29) is 5.91 Å². The molecule has 0 aliphatic carbocycles. The number of nitrogens with zero attached hydrogens (tertiary/aromatic N) is 1. The van der Waals surface area contributed by atoms with E-state index >= 15 is 0 Å². The second kappa shape index (κ2) is 5.06. The maximum Gasteiger partial charge on any atom is 0.243 e. The van der Waals surface area contributed by atoms with Gasteiger partial charge in [0.1, 0.15) is 0 Å². The van der Waals surface area contributed by atoms with Crippen molar-refractivity contribution in [3.05, 3.63) is 22.7 Å². The SMILES string of the molecule is CC(CN)CN1CC(=O)Nc2ccc(Br)cc21. The number of rotatable bonds is 3. The topological polar surface area (TPSA) is 58.4 Å². The Labute approximate surface area is 109 Å². The minimum absolute atomic E-state index is 0.0315. The van der Waals surface area contributed by atoms with Crippen LogP contribution in [-0.4, -0.2) is 25.5 Å². The number of hydrogen-bond acceptors (Lipinski definition) is 3. The second-order valence-electron chi connectivity index (χ2n) is 4.43. The Morgan fingerprint density at radius 3 is 3.06 bits per heavy atom. The van der Waals surface area contributed by atoms with Gasteiger partial charge in [-0.05, 0) is 30.7 Å². The summed E-state index contributed by atoms with van der Waals surface area (Å²) in [4.78, 5) is 13.7. The van der Waals surface area contributed by atoms with Gasteiger partial charge in [-0.25, -0.2) is 0 Å². The Hall–Kier alpha value is -1.07. The lowest BCUT2D eigenvalue weighted by atomic mass is 10.1. The first-order valence-corrected chi connectivity index (χ1v) is 6.44. The van der Waals surface area contributed by atoms with Gasteiger partial charge in [-0.3, -0.25) is 4.79 Å². The number of halogens is 1. The van der Waals surface area contributed by atoms with Gasteiger partial charge in [-0.1, -0.05) is 22.9 Å². The molecule has 1 heterocycles. The Balaban J connectivity index is 2.29. The number of hydrogen-bond donors (Lipinski definition) is 2. The maximum absolute atomic E-state index is 11.6. The van der Waals surface area contributed by atoms with Gasteiger partial charge in [0, 0.05) is 11.0 Å². The standard InChI is InChI=1S/C12H16BrN3O/c1-8(5-14)6-16-7-12(17)15-10-3-2-9(13)4-11(10)16/h2-4,8H,5-7,14H2,1H3,(H,15,17). The van der Waals surface area contributed by atoms with Crippen molar-refractivity contribution < 1.29 is 4.79 Å². The van der Waals surface area contributed by atoms with Gasteiger partial charge in [0.2, 0.25) is 5.91 Å². The van der Waals surface area contributed by atoms with E-state index in [1.54, 1.807) is 0 Å². The Kier molecular flexibility index (Phi) is 3.69. The molecule has 1 aliphatic rings. The molecule has 4 nitrogen and oxygen atoms in total. The number of nitrogens with one attached hydrogen (secondary N) is 1. The van der Waals surface area contributed by atoms with E-state index in [2.05, 4.69) is 33.1 Å². The first-order valence-electron chi connectivity index (χ1n) is 5.64. The Morgan fingerprint density at radius 1 is 1.59 bits per heavy atom. The molecule has 1 amide bonds. The molecule has 0 saturated heterocycles. The van der Waals surface area contributed by atoms with Crippen LogP contribution in [0.2, 0.25) is 0 Å². The first-order chi connectivity index (χ1) is 8.10. The molecule has 0 aromatic heterocycles. The average Bonchev–Trinajstić information content (AvgIpc) is 2.29. The fraction of sp³-hybridized carbons (Fsp3) is 0.417. The quantitative estimate of drug-likeness (QED) is 0.894. The van der Waals surface area contributed by atoms with Gasteiger partial charge in [-0.15, -0.1) is 0 Å². The molecule has 0 bridgehead atoms. The van der Waals surface area contributed by atoms with E-state index in [0.29, 0.717) is 19.0 Å². The molecule has 1 aromatic rings. The predicted octanol–water partition coefficient (Wildman–Crippen LogP) is 1.80. The highest BCUT2D eigenvalue weighted by Crippen LogP contribution is 2.32. The van der Waals surface area contributed by atoms with Gasteiger partial charge in [0.15, 0.2) is 0 Å². The van der Waals surface area contributed by atoms with Crippen LogP contribution in [0.4, 0.5) is 11.4 Å². The average molecular weight is 298 g/mol. The summed E-state index contributed by atoms with van der Waals surface area (Å²) in [6, 6.07) is 5.86. The smallest absolute Gasteiger partial charge is 0.243 e. The van der Waals surface area contributed by atoms with E-state index in [4.69, 9.17) is 5.73 Å². The summed E-state index contributed by atoms with van der Waals surface area (Å²) < 4.78 is 1.01. The summed E-state index contributed by atoms with van der Waals surface area (Å²) in [5.41, 5.74) is 7.56. The zero-order chi connectivity index (χ0) is 12.4. The van der Waals surface area contributed by atoms with Crippen LogP contribution < -0.4 is 16.0 Å². The summed E-state index contributed by atoms with van der Waals surface area (Å²) in [5.74, 6) is 0.400. The monoisotopic (exact) mass is 297 g/mol. The lowest BCUT2D eigenvalue weighted by Gasteiger charge is -2.32. The van der Waals surface area contributed by atoms with Crippen molar-refractivity contribution in [3.63, 3.8) is 0 Å². The van der Waals surface area contributed by atoms with Crippen LogP contribution in [0.15, 0.2) is 22.7 Å². The second-order valence-corrected chi connectivity index (χ2v) is 5.35. The molecule has 1 unspecified atom stereocenters. The van der Waals surface area contributed by atoms with Crippen molar-refractivity contribution in [2.24, 2.45) is 11.7 Å². The zero-order valence-electron chi connectivity index (χ0n) is 9.74. The highest BCUT2D eigenvalue weighted by molar-refractivity contribution is 9.10. The van der Waals surface area contributed by atoms with E-state index in [9.17, 15) is 4.79 Å². The molecule has 92 valence electrons. The molecular formula is C12H16BrN3O. The Bertz CT molecular complexity index is 436. The van der Waals surface area contributed by atoms with Crippen molar-refractivity contribution in [2.75, 3.05) is 29.9 Å². The first kappa shape index (κ1) is 12.4. The van der Waals surface area contributed by atoms with Crippen LogP contribution in [0.25, 0.3) is 0 Å². The normalized spacial score (nSPS) is 16.4. The number of carbonyl (C=O) groups is 1. The molecule has 1 atom stereocenters. The number of nitrogens with two attached hydrogens (primary N) is 1. The van der Waals surface area contributed by atoms with Crippen LogP contribution in [-0.2, 0) is 4.79 Å². The van der Waals surface area contributed by atoms with Crippen LogP contribution in [0, 0.1) is 5.92 Å². The van der Waals surface area contributed by atoms with Crippen molar-refractivity contribution in [1.29, 1.82) is 0 Å². The molecule has 0 radical (unpaired) electrons. The van der Waals surface area contributed by atoms with Crippen molar-refractivity contribution in [3.8, 4) is 0 Å². The lowest BCUT2D eigenvalue weighted by molar-refractivity contribution is -0.115. The maximum atomic E-state index is 11.6. The van der Waals surface area contributed by atoms with Gasteiger partial charge >= 0.3 is 0 Å². The predicted molar refractivity (Wildman–Crippen MR) is 73.2 cm³/mol. The number of amides is 1. The zero-order valence-corrected chi connectivity index (χ0v) is 11.3. The summed E-state index contributed by atoms with van der Waals surface area (Å²) in [6.45, 7) is 3.91. The van der Waals surface area contributed by atoms with Crippen LogP contribution in [0.5, 0.6) is 0 Å². The lowest BCUT2D eigenvalue weighted by Crippen LogP contribution is -2.41. The largest absolute Gasteiger partial charge is 0.360 e. The molecule has 2 rings (SSSR count). The highest BCUT2D eigenvalue weighted by Gasteiger charge is 2.22. The van der Waals surface area contributed by atoms with E-state index in [1.165, 1.54) is 0 Å². The van der Waals surface area contributed by atoms with Gasteiger partial charge in [-0.2, -0.15) is 0 Å². The molecule has 0 fully saturated rings. The minimum Gasteiger partial charge on any atom is -0.360 e. The third-order valence-corrected chi connectivity index (χ3v) is 3.34. The molecule has 0 saturated carbocycles. The van der Waals surface area contributed by atoms with E-state index < -0.39 is 0 Å². The van der Waals surface area contributed by atoms with Gasteiger partial charge in [0.25, 0.3) is 0 Å². The summed E-state index contributed by atoms with van der Waals surface area (Å²) >= 11 is 3.45. The number of carbonyl (C=O) groups excluding carboxylic acids is 1. The molecule has 5 heteroatoms.